The van der Waals surface area contributed by atoms with Gasteiger partial charge in [0.2, 0.25) is 0 Å². The number of hydrogen-bond acceptors (Lipinski definition) is 4. The molecule has 29 heavy (non-hydrogen) atoms. The van der Waals surface area contributed by atoms with E-state index in [2.05, 4.69) is 16.7 Å². The van der Waals surface area contributed by atoms with Gasteiger partial charge in [0.15, 0.2) is 11.5 Å². The van der Waals surface area contributed by atoms with Gasteiger partial charge in [-0.2, -0.15) is 0 Å². The van der Waals surface area contributed by atoms with Crippen molar-refractivity contribution < 1.29 is 19.1 Å². The standard InChI is InChI=1S/C22H27N3O4/c1-28-17-9-8-15(12-18(17)29-2)20-19-16(23-22(27)24-20)13-25(21(19)26)11-10-14-6-4-3-5-7-14/h6,8-9,12,20H,3-5,7,10-11,13H2,1-2H3,(H2,23,24,27)/t20-/m0/s1. The second-order valence-corrected chi connectivity index (χ2v) is 7.62. The van der Waals surface area contributed by atoms with Crippen molar-refractivity contribution in [2.75, 3.05) is 27.3 Å². The van der Waals surface area contributed by atoms with Gasteiger partial charge in [-0.25, -0.2) is 4.79 Å². The highest BCUT2D eigenvalue weighted by Gasteiger charge is 2.40. The Morgan fingerprint density at radius 3 is 2.69 bits per heavy atom. The number of carbonyl (C=O) groups is 2. The fourth-order valence-electron chi connectivity index (χ4n) is 4.30. The largest absolute Gasteiger partial charge is 0.493 e. The molecule has 2 heterocycles. The molecule has 4 rings (SSSR count). The van der Waals surface area contributed by atoms with E-state index in [1.165, 1.54) is 18.4 Å². The monoisotopic (exact) mass is 397 g/mol. The first-order valence-corrected chi connectivity index (χ1v) is 10.1. The van der Waals surface area contributed by atoms with Crippen LogP contribution in [-0.4, -0.2) is 44.1 Å². The fourth-order valence-corrected chi connectivity index (χ4v) is 4.30. The molecule has 1 aromatic carbocycles. The summed E-state index contributed by atoms with van der Waals surface area (Å²) in [6.07, 6.45) is 7.96. The molecule has 154 valence electrons. The van der Waals surface area contributed by atoms with Crippen molar-refractivity contribution in [2.45, 2.75) is 38.1 Å². The molecule has 2 aliphatic heterocycles. The number of allylic oxidation sites excluding steroid dienone is 1. The van der Waals surface area contributed by atoms with Gasteiger partial charge in [0.25, 0.3) is 5.91 Å². The molecule has 0 saturated carbocycles. The number of carbonyl (C=O) groups excluding carboxylic acids is 2. The van der Waals surface area contributed by atoms with Crippen molar-refractivity contribution in [2.24, 2.45) is 0 Å². The zero-order chi connectivity index (χ0) is 20.4. The van der Waals surface area contributed by atoms with Crippen molar-refractivity contribution in [1.29, 1.82) is 0 Å². The Morgan fingerprint density at radius 1 is 1.14 bits per heavy atom. The number of rotatable bonds is 6. The molecule has 7 nitrogen and oxygen atoms in total. The zero-order valence-corrected chi connectivity index (χ0v) is 16.9. The van der Waals surface area contributed by atoms with Crippen LogP contribution in [0.15, 0.2) is 41.1 Å². The van der Waals surface area contributed by atoms with Crippen molar-refractivity contribution >= 4 is 11.9 Å². The smallest absolute Gasteiger partial charge is 0.319 e. The normalized spacial score (nSPS) is 21.4. The average molecular weight is 397 g/mol. The Kier molecular flexibility index (Phi) is 5.47. The van der Waals surface area contributed by atoms with E-state index in [0.29, 0.717) is 35.9 Å². The number of ether oxygens (including phenoxy) is 2. The molecule has 0 fully saturated rings. The molecule has 0 bridgehead atoms. The first kappa shape index (κ1) is 19.4. The summed E-state index contributed by atoms with van der Waals surface area (Å²) >= 11 is 0. The minimum atomic E-state index is -0.509. The number of hydrogen-bond donors (Lipinski definition) is 2. The summed E-state index contributed by atoms with van der Waals surface area (Å²) in [6.45, 7) is 1.12. The molecule has 1 aromatic rings. The molecular weight excluding hydrogens is 370 g/mol. The van der Waals surface area contributed by atoms with Crippen molar-refractivity contribution in [1.82, 2.24) is 15.5 Å². The highest BCUT2D eigenvalue weighted by molar-refractivity contribution is 6.01. The number of amides is 3. The Balaban J connectivity index is 1.55. The molecule has 1 atom stereocenters. The summed E-state index contributed by atoms with van der Waals surface area (Å²) in [7, 11) is 3.14. The van der Waals surface area contributed by atoms with Gasteiger partial charge < -0.3 is 25.0 Å². The summed E-state index contributed by atoms with van der Waals surface area (Å²) in [5, 5.41) is 5.71. The van der Waals surface area contributed by atoms with Crippen LogP contribution in [0.5, 0.6) is 11.5 Å². The number of benzene rings is 1. The van der Waals surface area contributed by atoms with Gasteiger partial charge in [0, 0.05) is 6.54 Å². The van der Waals surface area contributed by atoms with Crippen LogP contribution in [0.4, 0.5) is 4.79 Å². The second-order valence-electron chi connectivity index (χ2n) is 7.62. The van der Waals surface area contributed by atoms with Gasteiger partial charge in [0.1, 0.15) is 0 Å². The number of urea groups is 1. The molecule has 7 heteroatoms. The third kappa shape index (κ3) is 3.81. The lowest BCUT2D eigenvalue weighted by Crippen LogP contribution is -2.44. The van der Waals surface area contributed by atoms with Gasteiger partial charge in [-0.15, -0.1) is 0 Å². The van der Waals surface area contributed by atoms with E-state index in [0.717, 1.165) is 24.8 Å². The third-order valence-corrected chi connectivity index (χ3v) is 5.85. The first-order valence-electron chi connectivity index (χ1n) is 10.1. The van der Waals surface area contributed by atoms with E-state index in [4.69, 9.17) is 9.47 Å². The summed E-state index contributed by atoms with van der Waals surface area (Å²) in [5.41, 5.74) is 3.52. The Bertz CT molecular complexity index is 890. The Morgan fingerprint density at radius 2 is 1.97 bits per heavy atom. The molecule has 0 radical (unpaired) electrons. The maximum atomic E-state index is 13.2. The van der Waals surface area contributed by atoms with Crippen LogP contribution < -0.4 is 20.1 Å². The maximum Gasteiger partial charge on any atom is 0.319 e. The van der Waals surface area contributed by atoms with E-state index < -0.39 is 6.04 Å². The molecule has 3 aliphatic rings. The minimum absolute atomic E-state index is 0.0244. The van der Waals surface area contributed by atoms with E-state index in [1.807, 2.05) is 17.0 Å². The highest BCUT2D eigenvalue weighted by atomic mass is 16.5. The van der Waals surface area contributed by atoms with E-state index >= 15 is 0 Å². The lowest BCUT2D eigenvalue weighted by molar-refractivity contribution is -0.125. The SMILES string of the molecule is COc1ccc([C@@H]2NC(=O)NC3=C2C(=O)N(CCC2=CCCCC2)C3)cc1OC. The van der Waals surface area contributed by atoms with Crippen LogP contribution in [0.25, 0.3) is 0 Å². The summed E-state index contributed by atoms with van der Waals surface area (Å²) in [4.78, 5) is 27.3. The predicted molar refractivity (Wildman–Crippen MR) is 109 cm³/mol. The van der Waals surface area contributed by atoms with Crippen LogP contribution in [-0.2, 0) is 4.79 Å². The van der Waals surface area contributed by atoms with E-state index in [9.17, 15) is 9.59 Å². The summed E-state index contributed by atoms with van der Waals surface area (Å²) in [5.74, 6) is 1.14. The third-order valence-electron chi connectivity index (χ3n) is 5.85. The fraction of sp³-hybridized carbons (Fsp3) is 0.455. The predicted octanol–water partition coefficient (Wildman–Crippen LogP) is 3.04. The first-order chi connectivity index (χ1) is 14.1. The van der Waals surface area contributed by atoms with E-state index in [-0.39, 0.29) is 11.9 Å². The quantitative estimate of drug-likeness (QED) is 0.723. The van der Waals surface area contributed by atoms with Crippen LogP contribution in [0.1, 0.15) is 43.7 Å². The van der Waals surface area contributed by atoms with Gasteiger partial charge >= 0.3 is 6.03 Å². The average Bonchev–Trinajstić information content (AvgIpc) is 3.07. The maximum absolute atomic E-state index is 13.2. The Hall–Kier alpha value is -2.96. The van der Waals surface area contributed by atoms with Crippen molar-refractivity contribution in [3.63, 3.8) is 0 Å². The van der Waals surface area contributed by atoms with Crippen LogP contribution >= 0.6 is 0 Å². The highest BCUT2D eigenvalue weighted by Crippen LogP contribution is 2.36. The number of methoxy groups -OCH3 is 2. The lowest BCUT2D eigenvalue weighted by atomic mass is 9.95. The number of nitrogens with zero attached hydrogens (tertiary/aromatic N) is 1. The number of nitrogens with one attached hydrogen (secondary N) is 2. The van der Waals surface area contributed by atoms with Gasteiger partial charge in [-0.1, -0.05) is 17.7 Å². The molecule has 0 saturated heterocycles. The molecule has 2 N–H and O–H groups in total. The van der Waals surface area contributed by atoms with Crippen molar-refractivity contribution in [3.8, 4) is 11.5 Å². The van der Waals surface area contributed by atoms with Crippen LogP contribution in [0.2, 0.25) is 0 Å². The topological polar surface area (TPSA) is 79.9 Å². The van der Waals surface area contributed by atoms with Crippen molar-refractivity contribution in [3.05, 3.63) is 46.7 Å². The summed E-state index contributed by atoms with van der Waals surface area (Å²) < 4.78 is 10.7. The zero-order valence-electron chi connectivity index (χ0n) is 16.9. The molecule has 1 aliphatic carbocycles. The Labute approximate surface area is 170 Å². The molecule has 0 aromatic heterocycles. The van der Waals surface area contributed by atoms with Gasteiger partial charge in [-0.3, -0.25) is 4.79 Å². The van der Waals surface area contributed by atoms with Crippen LogP contribution in [0.3, 0.4) is 0 Å². The molecular formula is C22H27N3O4. The summed E-state index contributed by atoms with van der Waals surface area (Å²) in [6, 6.07) is 4.64. The minimum Gasteiger partial charge on any atom is -0.493 e. The van der Waals surface area contributed by atoms with E-state index in [1.54, 1.807) is 20.3 Å². The molecule has 0 unspecified atom stereocenters. The van der Waals surface area contributed by atoms with Gasteiger partial charge in [-0.05, 0) is 49.8 Å². The van der Waals surface area contributed by atoms with Gasteiger partial charge in [0.05, 0.1) is 38.1 Å². The molecule has 0 spiro atoms. The van der Waals surface area contributed by atoms with Crippen LogP contribution in [0, 0.1) is 0 Å². The lowest BCUT2D eigenvalue weighted by Gasteiger charge is -2.26. The molecule has 3 amide bonds. The second kappa shape index (κ2) is 8.19.